The minimum atomic E-state index is -1.38. The number of nitrogens with two attached hydrogens (primary N) is 3. The van der Waals surface area contributed by atoms with Crippen molar-refractivity contribution in [2.75, 3.05) is 32.8 Å². The van der Waals surface area contributed by atoms with Crippen molar-refractivity contribution in [1.82, 2.24) is 50.9 Å². The molecule has 0 aliphatic carbocycles. The quantitative estimate of drug-likeness (QED) is 0.0237. The lowest BCUT2D eigenvalue weighted by Gasteiger charge is -2.33. The number of aliphatic carboxylic acids is 1. The van der Waals surface area contributed by atoms with Gasteiger partial charge >= 0.3 is 5.97 Å². The van der Waals surface area contributed by atoms with Crippen molar-refractivity contribution < 1.29 is 48.6 Å². The highest BCUT2D eigenvalue weighted by Gasteiger charge is 2.45. The number of hydrogen-bond donors (Lipinski definition) is 12. The molecule has 24 heteroatoms. The molecule has 81 heavy (non-hydrogen) atoms. The van der Waals surface area contributed by atoms with E-state index in [0.717, 1.165) is 32.7 Å². The standard InChI is InChI=1S/C57H70N14O10/c58-38(31-72)53(77)71-24-10-20-48(71)55(79)70-23-9-19-47(70)52(76)66-43(25-32-28-62-39-14-4-1-11-35(32)39)50(74)67-44(26-33-29-63-40-15-5-2-12-36(33)40)54(78)69-22-8-18-46(69)51(75)65-42(17-7-21-61-57(59)60)49(73)68-45(56(80)81)27-34-30-64-41-16-6-3-13-37(34)41/h1-6,11-16,28-30,38,42-48,62-64,72H,7-10,17-27,31,58H2,(H,65,75)(H,66,76)(H,67,74)(H,68,73)(H,80,81)(H4,59,60,61). The number of H-pyrrole nitrogens is 3. The van der Waals surface area contributed by atoms with Crippen LogP contribution in [-0.2, 0) is 57.6 Å². The van der Waals surface area contributed by atoms with Crippen LogP contribution in [0.1, 0.15) is 68.1 Å². The van der Waals surface area contributed by atoms with Crippen molar-refractivity contribution >= 4 is 86.0 Å². The van der Waals surface area contributed by atoms with E-state index in [1.807, 2.05) is 72.8 Å². The molecular weight excluding hydrogens is 1040 g/mol. The van der Waals surface area contributed by atoms with E-state index in [-0.39, 0.29) is 77.1 Å². The van der Waals surface area contributed by atoms with Crippen LogP contribution in [0.15, 0.2) is 96.4 Å². The Balaban J connectivity index is 0.967. The summed E-state index contributed by atoms with van der Waals surface area (Å²) in [5.74, 6) is -5.84. The summed E-state index contributed by atoms with van der Waals surface area (Å²) >= 11 is 0. The number of aromatic nitrogens is 3. The smallest absolute Gasteiger partial charge is 0.326 e. The number of carbonyl (C=O) groups is 8. The topological polar surface area (TPSA) is 373 Å². The van der Waals surface area contributed by atoms with Crippen LogP contribution in [0.25, 0.3) is 32.7 Å². The second-order valence-corrected chi connectivity index (χ2v) is 21.1. The third kappa shape index (κ3) is 13.0. The average molecular weight is 1110 g/mol. The summed E-state index contributed by atoms with van der Waals surface area (Å²) in [6.45, 7) is 0.115. The zero-order valence-electron chi connectivity index (χ0n) is 44.8. The Morgan fingerprint density at radius 2 is 1.00 bits per heavy atom. The number of hydrogen-bond acceptors (Lipinski definition) is 11. The fourth-order valence-electron chi connectivity index (χ4n) is 11.6. The number of benzene rings is 3. The van der Waals surface area contributed by atoms with Gasteiger partial charge in [0, 0.05) is 96.7 Å². The highest BCUT2D eigenvalue weighted by molar-refractivity contribution is 5.99. The number of aromatic amines is 3. The highest BCUT2D eigenvalue weighted by Crippen LogP contribution is 2.28. The van der Waals surface area contributed by atoms with Crippen LogP contribution in [0.4, 0.5) is 0 Å². The molecule has 7 amide bonds. The Labute approximate surface area is 466 Å². The lowest BCUT2D eigenvalue weighted by atomic mass is 10.0. The first-order valence-corrected chi connectivity index (χ1v) is 27.5. The number of carbonyl (C=O) groups excluding carboxylic acids is 7. The van der Waals surface area contributed by atoms with Crippen LogP contribution in [0, 0.1) is 0 Å². The summed E-state index contributed by atoms with van der Waals surface area (Å²) in [4.78, 5) is 132. The molecule has 24 nitrogen and oxygen atoms in total. The molecule has 8 unspecified atom stereocenters. The number of amides is 7. The minimum absolute atomic E-state index is 0.00202. The molecule has 0 saturated carbocycles. The number of nitrogens with zero attached hydrogens (tertiary/aromatic N) is 4. The van der Waals surface area contributed by atoms with Gasteiger partial charge in [0.1, 0.15) is 48.3 Å². The first-order chi connectivity index (χ1) is 39.1. The van der Waals surface area contributed by atoms with Crippen molar-refractivity contribution in [3.05, 3.63) is 108 Å². The largest absolute Gasteiger partial charge is 0.480 e. The Kier molecular flexibility index (Phi) is 18.0. The van der Waals surface area contributed by atoms with Crippen molar-refractivity contribution in [2.24, 2.45) is 22.2 Å². The molecule has 8 atom stereocenters. The van der Waals surface area contributed by atoms with Crippen LogP contribution < -0.4 is 38.5 Å². The summed E-state index contributed by atoms with van der Waals surface area (Å²) in [6.07, 6.45) is 7.46. The van der Waals surface area contributed by atoms with E-state index < -0.39 is 102 Å². The number of aliphatic hydroxyl groups is 1. The Morgan fingerprint density at radius 3 is 1.52 bits per heavy atom. The van der Waals surface area contributed by atoms with Gasteiger partial charge in [-0.15, -0.1) is 0 Å². The maximum Gasteiger partial charge on any atom is 0.326 e. The SMILES string of the molecule is NC(N)=NCCCC(NC(=O)C1CCCN1C(=O)C(Cc1c[nH]c2ccccc12)NC(=O)C(Cc1c[nH]c2ccccc12)NC(=O)C1CCCN1C(=O)C1CCCN1C(=O)C(N)CO)C(=O)NC(Cc1c[nH]c2ccccc12)C(=O)O. The molecule has 6 heterocycles. The van der Waals surface area contributed by atoms with Crippen LogP contribution in [0.2, 0.25) is 0 Å². The number of carboxylic acids is 1. The number of fused-ring (bicyclic) bond motifs is 3. The maximum atomic E-state index is 15.3. The second kappa shape index (κ2) is 25.6. The van der Waals surface area contributed by atoms with E-state index in [4.69, 9.17) is 17.2 Å². The molecule has 9 rings (SSSR count). The summed E-state index contributed by atoms with van der Waals surface area (Å²) in [5.41, 5.74) is 21.4. The molecule has 3 aliphatic heterocycles. The number of likely N-dealkylation sites (tertiary alicyclic amines) is 3. The molecule has 3 aromatic carbocycles. The molecule has 3 aromatic heterocycles. The van der Waals surface area contributed by atoms with Gasteiger partial charge in [-0.3, -0.25) is 38.6 Å². The molecule has 3 saturated heterocycles. The Bertz CT molecular complexity index is 3330. The summed E-state index contributed by atoms with van der Waals surface area (Å²) < 4.78 is 0. The highest BCUT2D eigenvalue weighted by atomic mass is 16.4. The number of aliphatic imine (C=N–C) groups is 1. The molecule has 428 valence electrons. The van der Waals surface area contributed by atoms with Gasteiger partial charge in [0.2, 0.25) is 41.4 Å². The molecule has 0 radical (unpaired) electrons. The van der Waals surface area contributed by atoms with E-state index in [9.17, 15) is 39.0 Å². The van der Waals surface area contributed by atoms with Gasteiger partial charge < -0.3 is 78.3 Å². The molecule has 0 bridgehead atoms. The predicted octanol–water partition coefficient (Wildman–Crippen LogP) is 0.528. The number of aliphatic hydroxyl groups excluding tert-OH is 1. The van der Waals surface area contributed by atoms with Crippen LogP contribution in [0.3, 0.4) is 0 Å². The fraction of sp³-hybridized carbons (Fsp3) is 0.421. The molecular formula is C57H70N14O10. The minimum Gasteiger partial charge on any atom is -0.480 e. The molecule has 15 N–H and O–H groups in total. The maximum absolute atomic E-state index is 15.3. The van der Waals surface area contributed by atoms with Crippen molar-refractivity contribution in [1.29, 1.82) is 0 Å². The van der Waals surface area contributed by atoms with Gasteiger partial charge in [-0.05, 0) is 86.3 Å². The zero-order chi connectivity index (χ0) is 57.3. The van der Waals surface area contributed by atoms with Gasteiger partial charge in [0.15, 0.2) is 5.96 Å². The lowest BCUT2D eigenvalue weighted by molar-refractivity contribution is -0.147. The molecule has 3 aliphatic rings. The van der Waals surface area contributed by atoms with E-state index in [1.165, 1.54) is 14.7 Å². The van der Waals surface area contributed by atoms with Crippen molar-refractivity contribution in [2.45, 2.75) is 119 Å². The van der Waals surface area contributed by atoms with Gasteiger partial charge in [-0.2, -0.15) is 0 Å². The van der Waals surface area contributed by atoms with Crippen LogP contribution in [0.5, 0.6) is 0 Å². The number of rotatable bonds is 23. The molecule has 0 spiro atoms. The number of guanidine groups is 1. The van der Waals surface area contributed by atoms with E-state index >= 15 is 9.59 Å². The summed E-state index contributed by atoms with van der Waals surface area (Å²) in [7, 11) is 0. The first kappa shape index (κ1) is 56.9. The summed E-state index contributed by atoms with van der Waals surface area (Å²) in [6, 6.07) is 12.8. The van der Waals surface area contributed by atoms with Crippen molar-refractivity contribution in [3.8, 4) is 0 Å². The van der Waals surface area contributed by atoms with Gasteiger partial charge in [0.25, 0.3) is 0 Å². The van der Waals surface area contributed by atoms with E-state index in [0.29, 0.717) is 42.4 Å². The zero-order valence-corrected chi connectivity index (χ0v) is 44.8. The number of para-hydroxylation sites is 3. The third-order valence-electron chi connectivity index (χ3n) is 15.7. The fourth-order valence-corrected chi connectivity index (χ4v) is 11.6. The monoisotopic (exact) mass is 1110 g/mol. The van der Waals surface area contributed by atoms with E-state index in [2.05, 4.69) is 41.2 Å². The van der Waals surface area contributed by atoms with Gasteiger partial charge in [-0.1, -0.05) is 54.6 Å². The van der Waals surface area contributed by atoms with Crippen molar-refractivity contribution in [3.63, 3.8) is 0 Å². The molecule has 6 aromatic rings. The third-order valence-corrected chi connectivity index (χ3v) is 15.7. The van der Waals surface area contributed by atoms with Gasteiger partial charge in [0.05, 0.1) is 6.61 Å². The Hall–Kier alpha value is -8.77. The summed E-state index contributed by atoms with van der Waals surface area (Å²) in [5, 5.41) is 33.6. The molecule has 3 fully saturated rings. The normalized spacial score (nSPS) is 19.0. The predicted molar refractivity (Wildman–Crippen MR) is 301 cm³/mol. The van der Waals surface area contributed by atoms with Gasteiger partial charge in [-0.25, -0.2) is 4.79 Å². The Morgan fingerprint density at radius 1 is 0.568 bits per heavy atom. The first-order valence-electron chi connectivity index (χ1n) is 27.5. The average Bonchev–Trinajstić information content (AvgIpc) is 4.42. The number of nitrogens with one attached hydrogen (secondary N) is 7. The van der Waals surface area contributed by atoms with Crippen LogP contribution >= 0.6 is 0 Å². The lowest BCUT2D eigenvalue weighted by Crippen LogP contribution is -2.60. The number of carboxylic acid groups (broad SMARTS) is 1. The van der Waals surface area contributed by atoms with Crippen LogP contribution in [-0.4, -0.2) is 174 Å². The van der Waals surface area contributed by atoms with E-state index in [1.54, 1.807) is 18.6 Å². The second-order valence-electron chi connectivity index (χ2n) is 21.1.